The molecule has 0 amide bonds. The summed E-state index contributed by atoms with van der Waals surface area (Å²) < 4.78 is 44.6. The lowest BCUT2D eigenvalue weighted by Gasteiger charge is -2.39. The normalized spacial score (nSPS) is 29.5. The van der Waals surface area contributed by atoms with Gasteiger partial charge in [-0.25, -0.2) is 0 Å². The first-order valence-electron chi connectivity index (χ1n) is 6.45. The van der Waals surface area contributed by atoms with Crippen LogP contribution < -0.4 is 5.73 Å². The first-order chi connectivity index (χ1) is 8.41. The molecular formula is C12H22F3NO2. The largest absolute Gasteiger partial charge is 0.522 e. The minimum Gasteiger partial charge on any atom is -0.371 e. The summed E-state index contributed by atoms with van der Waals surface area (Å²) in [7, 11) is 0. The van der Waals surface area contributed by atoms with Gasteiger partial charge in [0.25, 0.3) is 0 Å². The third kappa shape index (κ3) is 5.12. The van der Waals surface area contributed by atoms with Gasteiger partial charge >= 0.3 is 6.36 Å². The number of hydrogen-bond acceptors (Lipinski definition) is 3. The number of ether oxygens (including phenoxy) is 2. The Morgan fingerprint density at radius 1 is 1.22 bits per heavy atom. The van der Waals surface area contributed by atoms with E-state index in [0.717, 1.165) is 32.1 Å². The monoisotopic (exact) mass is 269 g/mol. The summed E-state index contributed by atoms with van der Waals surface area (Å²) in [6.07, 6.45) is 0.278. The number of alkyl halides is 3. The van der Waals surface area contributed by atoms with Crippen LogP contribution in [-0.2, 0) is 9.47 Å². The van der Waals surface area contributed by atoms with Crippen LogP contribution in [0.3, 0.4) is 0 Å². The van der Waals surface area contributed by atoms with Crippen LogP contribution in [0.25, 0.3) is 0 Å². The third-order valence-electron chi connectivity index (χ3n) is 3.72. The summed E-state index contributed by atoms with van der Waals surface area (Å²) in [6.45, 7) is 1.98. The number of halogens is 3. The number of hydrogen-bond donors (Lipinski definition) is 1. The molecule has 0 spiro atoms. The zero-order chi connectivity index (χ0) is 13.6. The molecule has 1 fully saturated rings. The molecular weight excluding hydrogens is 247 g/mol. The molecule has 0 aromatic carbocycles. The van der Waals surface area contributed by atoms with Gasteiger partial charge in [0.1, 0.15) is 0 Å². The Morgan fingerprint density at radius 3 is 2.28 bits per heavy atom. The highest BCUT2D eigenvalue weighted by Crippen LogP contribution is 2.35. The first-order valence-corrected chi connectivity index (χ1v) is 6.45. The van der Waals surface area contributed by atoms with Crippen LogP contribution in [0.5, 0.6) is 0 Å². The van der Waals surface area contributed by atoms with Gasteiger partial charge in [0.15, 0.2) is 0 Å². The van der Waals surface area contributed by atoms with Crippen LogP contribution in [0, 0.1) is 5.92 Å². The Hall–Kier alpha value is -0.330. The van der Waals surface area contributed by atoms with Gasteiger partial charge in [-0.2, -0.15) is 0 Å². The molecule has 1 aliphatic rings. The van der Waals surface area contributed by atoms with E-state index in [-0.39, 0.29) is 6.61 Å². The fraction of sp³-hybridized carbons (Fsp3) is 1.00. The molecule has 0 saturated heterocycles. The zero-order valence-electron chi connectivity index (χ0n) is 10.8. The maximum atomic E-state index is 11.8. The van der Waals surface area contributed by atoms with Gasteiger partial charge in [-0.3, -0.25) is 4.74 Å². The SMILES string of the molecule is CCC1CCC(CN)(OCCOC(F)(F)F)CC1. The fourth-order valence-electron chi connectivity index (χ4n) is 2.43. The van der Waals surface area contributed by atoms with Crippen molar-refractivity contribution in [2.75, 3.05) is 19.8 Å². The molecule has 108 valence electrons. The first kappa shape index (κ1) is 15.7. The Bertz CT molecular complexity index is 238. The van der Waals surface area contributed by atoms with Crippen molar-refractivity contribution in [1.82, 2.24) is 0 Å². The van der Waals surface area contributed by atoms with Gasteiger partial charge in [0, 0.05) is 6.54 Å². The van der Waals surface area contributed by atoms with Crippen molar-refractivity contribution in [2.45, 2.75) is 51.0 Å². The van der Waals surface area contributed by atoms with E-state index < -0.39 is 18.6 Å². The smallest absolute Gasteiger partial charge is 0.371 e. The summed E-state index contributed by atoms with van der Waals surface area (Å²) in [6, 6.07) is 0. The molecule has 0 atom stereocenters. The van der Waals surface area contributed by atoms with Crippen molar-refractivity contribution in [2.24, 2.45) is 11.7 Å². The number of nitrogens with two attached hydrogens (primary N) is 1. The summed E-state index contributed by atoms with van der Waals surface area (Å²) in [5.74, 6) is 0.694. The van der Waals surface area contributed by atoms with Gasteiger partial charge in [-0.1, -0.05) is 13.3 Å². The van der Waals surface area contributed by atoms with E-state index >= 15 is 0 Å². The third-order valence-corrected chi connectivity index (χ3v) is 3.72. The summed E-state index contributed by atoms with van der Waals surface area (Å²) >= 11 is 0. The highest BCUT2D eigenvalue weighted by molar-refractivity contribution is 4.88. The molecule has 0 aliphatic heterocycles. The summed E-state index contributed by atoms with van der Waals surface area (Å²) in [4.78, 5) is 0. The predicted molar refractivity (Wildman–Crippen MR) is 62.0 cm³/mol. The molecule has 2 N–H and O–H groups in total. The topological polar surface area (TPSA) is 44.5 Å². The average Bonchev–Trinajstić information content (AvgIpc) is 2.34. The van der Waals surface area contributed by atoms with Crippen LogP contribution in [-0.4, -0.2) is 31.7 Å². The number of rotatable bonds is 6. The molecule has 1 rings (SSSR count). The second-order valence-corrected chi connectivity index (χ2v) is 4.88. The maximum Gasteiger partial charge on any atom is 0.522 e. The van der Waals surface area contributed by atoms with Crippen LogP contribution >= 0.6 is 0 Å². The lowest BCUT2D eigenvalue weighted by molar-refractivity contribution is -0.328. The second kappa shape index (κ2) is 6.73. The van der Waals surface area contributed by atoms with E-state index in [0.29, 0.717) is 12.5 Å². The Morgan fingerprint density at radius 2 is 1.83 bits per heavy atom. The molecule has 0 unspecified atom stereocenters. The average molecular weight is 269 g/mol. The fourth-order valence-corrected chi connectivity index (χ4v) is 2.43. The van der Waals surface area contributed by atoms with E-state index in [4.69, 9.17) is 10.5 Å². The minimum atomic E-state index is -4.58. The minimum absolute atomic E-state index is 0.0620. The quantitative estimate of drug-likeness (QED) is 0.754. The standard InChI is InChI=1S/C12H22F3NO2/c1-2-10-3-5-11(9-16,6-4-10)17-7-8-18-12(13,14)15/h10H,2-9,16H2,1H3. The molecule has 0 bridgehead atoms. The van der Waals surface area contributed by atoms with Crippen LogP contribution in [0.15, 0.2) is 0 Å². The van der Waals surface area contributed by atoms with Crippen molar-refractivity contribution < 1.29 is 22.6 Å². The van der Waals surface area contributed by atoms with Crippen molar-refractivity contribution in [3.05, 3.63) is 0 Å². The van der Waals surface area contributed by atoms with E-state index in [2.05, 4.69) is 11.7 Å². The second-order valence-electron chi connectivity index (χ2n) is 4.88. The molecule has 0 aromatic rings. The van der Waals surface area contributed by atoms with Crippen LogP contribution in [0.2, 0.25) is 0 Å². The maximum absolute atomic E-state index is 11.8. The van der Waals surface area contributed by atoms with Gasteiger partial charge in [0.05, 0.1) is 18.8 Å². The van der Waals surface area contributed by atoms with Crippen molar-refractivity contribution >= 4 is 0 Å². The molecule has 0 radical (unpaired) electrons. The Kier molecular flexibility index (Phi) is 5.88. The predicted octanol–water partition coefficient (Wildman–Crippen LogP) is 2.84. The van der Waals surface area contributed by atoms with Crippen molar-refractivity contribution in [1.29, 1.82) is 0 Å². The summed E-state index contributed by atoms with van der Waals surface area (Å²) in [5, 5.41) is 0. The molecule has 1 saturated carbocycles. The van der Waals surface area contributed by atoms with Gasteiger partial charge in [-0.05, 0) is 31.6 Å². The molecule has 3 nitrogen and oxygen atoms in total. The molecule has 18 heavy (non-hydrogen) atoms. The van der Waals surface area contributed by atoms with Gasteiger partial charge in [-0.15, -0.1) is 13.2 Å². The van der Waals surface area contributed by atoms with E-state index in [1.807, 2.05) is 0 Å². The van der Waals surface area contributed by atoms with Crippen LogP contribution in [0.4, 0.5) is 13.2 Å². The van der Waals surface area contributed by atoms with Crippen LogP contribution in [0.1, 0.15) is 39.0 Å². The zero-order valence-corrected chi connectivity index (χ0v) is 10.8. The lowest BCUT2D eigenvalue weighted by atomic mass is 9.77. The van der Waals surface area contributed by atoms with E-state index in [9.17, 15) is 13.2 Å². The Labute approximate surface area is 106 Å². The lowest BCUT2D eigenvalue weighted by Crippen LogP contribution is -2.44. The van der Waals surface area contributed by atoms with E-state index in [1.165, 1.54) is 0 Å². The molecule has 6 heteroatoms. The highest BCUT2D eigenvalue weighted by atomic mass is 19.4. The molecule has 0 heterocycles. The van der Waals surface area contributed by atoms with E-state index in [1.54, 1.807) is 0 Å². The summed E-state index contributed by atoms with van der Waals surface area (Å²) in [5.41, 5.74) is 5.26. The van der Waals surface area contributed by atoms with Crippen molar-refractivity contribution in [3.63, 3.8) is 0 Å². The van der Waals surface area contributed by atoms with Gasteiger partial charge < -0.3 is 10.5 Å². The van der Waals surface area contributed by atoms with Crippen molar-refractivity contribution in [3.8, 4) is 0 Å². The molecule has 0 aromatic heterocycles. The highest BCUT2D eigenvalue weighted by Gasteiger charge is 2.35. The van der Waals surface area contributed by atoms with Gasteiger partial charge in [0.2, 0.25) is 0 Å². The Balaban J connectivity index is 2.29. The molecule has 1 aliphatic carbocycles.